The molecule has 0 spiro atoms. The number of sulfonamides is 1. The minimum absolute atomic E-state index is 0.0884. The number of likely N-dealkylation sites (N-methyl/N-ethyl adjacent to an activating group) is 1. The van der Waals surface area contributed by atoms with Gasteiger partial charge < -0.3 is 4.90 Å². The second kappa shape index (κ2) is 4.99. The van der Waals surface area contributed by atoms with Gasteiger partial charge in [0.25, 0.3) is 0 Å². The van der Waals surface area contributed by atoms with Crippen LogP contribution in [-0.4, -0.2) is 50.2 Å². The maximum absolute atomic E-state index is 12.3. The van der Waals surface area contributed by atoms with Gasteiger partial charge in [-0.2, -0.15) is 4.31 Å². The van der Waals surface area contributed by atoms with E-state index in [4.69, 9.17) is 0 Å². The fourth-order valence-corrected chi connectivity index (χ4v) is 3.34. The van der Waals surface area contributed by atoms with Gasteiger partial charge in [0.15, 0.2) is 0 Å². The third-order valence-electron chi connectivity index (χ3n) is 2.87. The van der Waals surface area contributed by atoms with E-state index in [1.165, 1.54) is 21.3 Å². The summed E-state index contributed by atoms with van der Waals surface area (Å²) in [6, 6.07) is 6.40. The minimum Gasteiger partial charge on any atom is -0.343 e. The van der Waals surface area contributed by atoms with Gasteiger partial charge in [-0.1, -0.05) is 15.9 Å². The van der Waals surface area contributed by atoms with E-state index in [0.717, 1.165) is 4.47 Å². The van der Waals surface area contributed by atoms with Crippen molar-refractivity contribution in [1.29, 1.82) is 0 Å². The van der Waals surface area contributed by atoms with E-state index in [-0.39, 0.29) is 17.3 Å². The summed E-state index contributed by atoms with van der Waals surface area (Å²) in [5.41, 5.74) is 0. The SMILES string of the molecule is CN1CCN(S(=O)(=O)c2ccc(Br)cc2)CC1=O. The lowest BCUT2D eigenvalue weighted by Gasteiger charge is -2.31. The third kappa shape index (κ3) is 2.57. The Morgan fingerprint density at radius 2 is 1.78 bits per heavy atom. The van der Waals surface area contributed by atoms with E-state index in [1.807, 2.05) is 0 Å². The second-order valence-electron chi connectivity index (χ2n) is 4.11. The molecule has 7 heteroatoms. The average Bonchev–Trinajstić information content (AvgIpc) is 2.33. The molecule has 1 amide bonds. The molecule has 1 aromatic rings. The van der Waals surface area contributed by atoms with Crippen LogP contribution in [0.2, 0.25) is 0 Å². The fourth-order valence-electron chi connectivity index (χ4n) is 1.70. The maximum atomic E-state index is 12.3. The number of benzene rings is 1. The monoisotopic (exact) mass is 332 g/mol. The lowest BCUT2D eigenvalue weighted by Crippen LogP contribution is -2.50. The van der Waals surface area contributed by atoms with Crippen molar-refractivity contribution in [3.8, 4) is 0 Å². The molecule has 2 rings (SSSR count). The van der Waals surface area contributed by atoms with Crippen LogP contribution in [0.1, 0.15) is 0 Å². The molecule has 0 bridgehead atoms. The van der Waals surface area contributed by atoms with E-state index in [9.17, 15) is 13.2 Å². The Morgan fingerprint density at radius 1 is 1.17 bits per heavy atom. The summed E-state index contributed by atoms with van der Waals surface area (Å²) in [7, 11) is -1.90. The third-order valence-corrected chi connectivity index (χ3v) is 5.26. The van der Waals surface area contributed by atoms with Gasteiger partial charge in [-0.05, 0) is 24.3 Å². The molecule has 1 fully saturated rings. The van der Waals surface area contributed by atoms with E-state index in [1.54, 1.807) is 19.2 Å². The van der Waals surface area contributed by atoms with Crippen LogP contribution in [0.25, 0.3) is 0 Å². The Hall–Kier alpha value is -0.920. The number of carbonyl (C=O) groups is 1. The first kappa shape index (κ1) is 13.5. The fraction of sp³-hybridized carbons (Fsp3) is 0.364. The Kier molecular flexibility index (Phi) is 3.74. The molecule has 1 saturated heterocycles. The molecule has 98 valence electrons. The lowest BCUT2D eigenvalue weighted by atomic mass is 10.4. The van der Waals surface area contributed by atoms with E-state index in [2.05, 4.69) is 15.9 Å². The molecule has 0 aliphatic carbocycles. The lowest BCUT2D eigenvalue weighted by molar-refractivity contribution is -0.132. The molecular weight excluding hydrogens is 320 g/mol. The highest BCUT2D eigenvalue weighted by atomic mass is 79.9. The van der Waals surface area contributed by atoms with Crippen molar-refractivity contribution in [1.82, 2.24) is 9.21 Å². The minimum atomic E-state index is -3.57. The van der Waals surface area contributed by atoms with Crippen molar-refractivity contribution >= 4 is 31.9 Å². The number of hydrogen-bond donors (Lipinski definition) is 0. The zero-order valence-electron chi connectivity index (χ0n) is 9.84. The topological polar surface area (TPSA) is 57.7 Å². The van der Waals surface area contributed by atoms with Crippen molar-refractivity contribution < 1.29 is 13.2 Å². The predicted octanol–water partition coefficient (Wildman–Crippen LogP) is 0.912. The first-order valence-corrected chi connectivity index (χ1v) is 7.64. The molecule has 1 aromatic carbocycles. The number of piperazine rings is 1. The van der Waals surface area contributed by atoms with Crippen LogP contribution in [0.3, 0.4) is 0 Å². The van der Waals surface area contributed by atoms with Crippen molar-refractivity contribution in [3.05, 3.63) is 28.7 Å². The number of carbonyl (C=O) groups excluding carboxylic acids is 1. The summed E-state index contributed by atoms with van der Waals surface area (Å²) in [5.74, 6) is -0.179. The van der Waals surface area contributed by atoms with E-state index in [0.29, 0.717) is 13.1 Å². The molecule has 1 aliphatic heterocycles. The molecule has 1 heterocycles. The highest BCUT2D eigenvalue weighted by Gasteiger charge is 2.31. The van der Waals surface area contributed by atoms with E-state index < -0.39 is 10.0 Å². The molecule has 0 radical (unpaired) electrons. The molecule has 5 nitrogen and oxygen atoms in total. The van der Waals surface area contributed by atoms with Crippen molar-refractivity contribution in [2.45, 2.75) is 4.90 Å². The second-order valence-corrected chi connectivity index (χ2v) is 6.96. The van der Waals surface area contributed by atoms with Gasteiger partial charge in [-0.15, -0.1) is 0 Å². The van der Waals surface area contributed by atoms with Crippen LogP contribution in [0, 0.1) is 0 Å². The highest BCUT2D eigenvalue weighted by molar-refractivity contribution is 9.10. The molecule has 0 atom stereocenters. The van der Waals surface area contributed by atoms with Crippen LogP contribution in [0.5, 0.6) is 0 Å². The molecule has 0 unspecified atom stereocenters. The Morgan fingerprint density at radius 3 is 2.33 bits per heavy atom. The van der Waals surface area contributed by atoms with Gasteiger partial charge in [0.1, 0.15) is 0 Å². The van der Waals surface area contributed by atoms with Gasteiger partial charge >= 0.3 is 0 Å². The smallest absolute Gasteiger partial charge is 0.243 e. The number of nitrogens with zero attached hydrogens (tertiary/aromatic N) is 2. The number of amides is 1. The van der Waals surface area contributed by atoms with Crippen LogP contribution in [0.15, 0.2) is 33.6 Å². The quantitative estimate of drug-likeness (QED) is 0.808. The Labute approximate surface area is 115 Å². The number of hydrogen-bond acceptors (Lipinski definition) is 3. The zero-order valence-corrected chi connectivity index (χ0v) is 12.2. The molecule has 0 aromatic heterocycles. The summed E-state index contributed by atoms with van der Waals surface area (Å²) in [6.07, 6.45) is 0. The Balaban J connectivity index is 2.26. The first-order valence-electron chi connectivity index (χ1n) is 5.41. The Bertz CT molecular complexity index is 556. The zero-order chi connectivity index (χ0) is 13.3. The van der Waals surface area contributed by atoms with Crippen LogP contribution >= 0.6 is 15.9 Å². The standard InChI is InChI=1S/C11H13BrN2O3S/c1-13-6-7-14(8-11(13)15)18(16,17)10-4-2-9(12)3-5-10/h2-5H,6-8H2,1H3. The van der Waals surface area contributed by atoms with Crippen LogP contribution in [-0.2, 0) is 14.8 Å². The number of rotatable bonds is 2. The first-order chi connectivity index (χ1) is 8.41. The molecule has 0 saturated carbocycles. The summed E-state index contributed by atoms with van der Waals surface area (Å²) in [6.45, 7) is 0.671. The van der Waals surface area contributed by atoms with Crippen molar-refractivity contribution in [2.24, 2.45) is 0 Å². The predicted molar refractivity (Wildman–Crippen MR) is 70.5 cm³/mol. The van der Waals surface area contributed by atoms with Gasteiger partial charge in [-0.25, -0.2) is 8.42 Å². The maximum Gasteiger partial charge on any atom is 0.243 e. The molecular formula is C11H13BrN2O3S. The van der Waals surface area contributed by atoms with Gasteiger partial charge in [0, 0.05) is 24.6 Å². The average molecular weight is 333 g/mol. The largest absolute Gasteiger partial charge is 0.343 e. The summed E-state index contributed by atoms with van der Waals surface area (Å²) in [4.78, 5) is 13.3. The van der Waals surface area contributed by atoms with Gasteiger partial charge in [0.2, 0.25) is 15.9 Å². The molecule has 18 heavy (non-hydrogen) atoms. The van der Waals surface area contributed by atoms with E-state index >= 15 is 0 Å². The van der Waals surface area contributed by atoms with Crippen molar-refractivity contribution in [2.75, 3.05) is 26.7 Å². The number of halogens is 1. The van der Waals surface area contributed by atoms with Crippen LogP contribution in [0.4, 0.5) is 0 Å². The highest BCUT2D eigenvalue weighted by Crippen LogP contribution is 2.19. The van der Waals surface area contributed by atoms with Crippen molar-refractivity contribution in [3.63, 3.8) is 0 Å². The molecule has 1 aliphatic rings. The van der Waals surface area contributed by atoms with Gasteiger partial charge in [0.05, 0.1) is 11.4 Å². The summed E-state index contributed by atoms with van der Waals surface area (Å²) >= 11 is 3.26. The summed E-state index contributed by atoms with van der Waals surface area (Å²) < 4.78 is 26.6. The van der Waals surface area contributed by atoms with Crippen LogP contribution < -0.4 is 0 Å². The van der Waals surface area contributed by atoms with Gasteiger partial charge in [-0.3, -0.25) is 4.79 Å². The summed E-state index contributed by atoms with van der Waals surface area (Å²) in [5, 5.41) is 0. The molecule has 0 N–H and O–H groups in total. The normalized spacial score (nSPS) is 18.1.